The lowest BCUT2D eigenvalue weighted by Crippen LogP contribution is -2.31. The number of rotatable bonds is 9. The fourth-order valence-electron chi connectivity index (χ4n) is 2.00. The fourth-order valence-corrected chi connectivity index (χ4v) is 2.00. The average molecular weight is 347 g/mol. The molecule has 0 aliphatic heterocycles. The Morgan fingerprint density at radius 2 is 2.04 bits per heavy atom. The van der Waals surface area contributed by atoms with Gasteiger partial charge in [0.15, 0.2) is 0 Å². The van der Waals surface area contributed by atoms with E-state index in [1.54, 1.807) is 0 Å². The summed E-state index contributed by atoms with van der Waals surface area (Å²) in [6.45, 7) is 4.13. The number of nitrogens with one attached hydrogen (secondary N) is 1. The number of carboxylic acids is 1. The maximum atomic E-state index is 11.7. The molecule has 0 saturated carbocycles. The summed E-state index contributed by atoms with van der Waals surface area (Å²) in [4.78, 5) is 26.7. The van der Waals surface area contributed by atoms with Gasteiger partial charge in [0.25, 0.3) is 0 Å². The van der Waals surface area contributed by atoms with Gasteiger partial charge < -0.3 is 19.7 Å². The van der Waals surface area contributed by atoms with Crippen LogP contribution < -0.4 is 10.1 Å². The summed E-state index contributed by atoms with van der Waals surface area (Å²) in [5, 5.41) is 15.2. The predicted molar refractivity (Wildman–Crippen MR) is 89.0 cm³/mol. The Kier molecular flexibility index (Phi) is 6.50. The summed E-state index contributed by atoms with van der Waals surface area (Å²) < 4.78 is 10.5. The SMILES string of the molecule is CCOc1ccc(-c2noc(CCC(=O)NCC(C)C(=O)O)n2)cc1. The van der Waals surface area contributed by atoms with E-state index < -0.39 is 11.9 Å². The number of carboxylic acid groups (broad SMARTS) is 1. The van der Waals surface area contributed by atoms with E-state index in [1.807, 2.05) is 31.2 Å². The van der Waals surface area contributed by atoms with E-state index in [1.165, 1.54) is 6.92 Å². The topological polar surface area (TPSA) is 115 Å². The number of benzene rings is 1. The van der Waals surface area contributed by atoms with Gasteiger partial charge in [-0.25, -0.2) is 0 Å². The van der Waals surface area contributed by atoms with Crippen LogP contribution in [0.4, 0.5) is 0 Å². The molecule has 0 radical (unpaired) electrons. The molecular weight excluding hydrogens is 326 g/mol. The lowest BCUT2D eigenvalue weighted by atomic mass is 10.2. The normalized spacial score (nSPS) is 11.8. The van der Waals surface area contributed by atoms with Gasteiger partial charge in [0.05, 0.1) is 12.5 Å². The molecular formula is C17H21N3O5. The van der Waals surface area contributed by atoms with Crippen molar-refractivity contribution < 1.29 is 24.0 Å². The highest BCUT2D eigenvalue weighted by atomic mass is 16.5. The number of amides is 1. The molecule has 1 atom stereocenters. The molecule has 1 aromatic carbocycles. The highest BCUT2D eigenvalue weighted by molar-refractivity contribution is 5.77. The van der Waals surface area contributed by atoms with E-state index in [9.17, 15) is 9.59 Å². The molecule has 0 aliphatic carbocycles. The molecule has 134 valence electrons. The van der Waals surface area contributed by atoms with Crippen molar-refractivity contribution in [3.8, 4) is 17.1 Å². The first-order valence-electron chi connectivity index (χ1n) is 8.05. The van der Waals surface area contributed by atoms with Gasteiger partial charge in [0.1, 0.15) is 5.75 Å². The summed E-state index contributed by atoms with van der Waals surface area (Å²) in [5.41, 5.74) is 0.790. The van der Waals surface area contributed by atoms with Gasteiger partial charge in [0, 0.05) is 24.9 Å². The third-order valence-electron chi connectivity index (χ3n) is 3.48. The predicted octanol–water partition coefficient (Wildman–Crippen LogP) is 1.90. The zero-order valence-electron chi connectivity index (χ0n) is 14.2. The van der Waals surface area contributed by atoms with Crippen LogP contribution in [0.2, 0.25) is 0 Å². The highest BCUT2D eigenvalue weighted by Gasteiger charge is 2.14. The second-order valence-electron chi connectivity index (χ2n) is 5.51. The summed E-state index contributed by atoms with van der Waals surface area (Å²) in [5.74, 6) is -0.268. The third kappa shape index (κ3) is 5.59. The van der Waals surface area contributed by atoms with Crippen molar-refractivity contribution in [2.45, 2.75) is 26.7 Å². The minimum Gasteiger partial charge on any atom is -0.494 e. The molecule has 1 amide bonds. The van der Waals surface area contributed by atoms with Gasteiger partial charge in [-0.05, 0) is 31.2 Å². The molecule has 1 unspecified atom stereocenters. The van der Waals surface area contributed by atoms with Gasteiger partial charge >= 0.3 is 5.97 Å². The number of ether oxygens (including phenoxy) is 1. The van der Waals surface area contributed by atoms with Gasteiger partial charge in [-0.2, -0.15) is 4.98 Å². The molecule has 2 aromatic rings. The Hall–Kier alpha value is -2.90. The van der Waals surface area contributed by atoms with Gasteiger partial charge in [-0.15, -0.1) is 0 Å². The lowest BCUT2D eigenvalue weighted by Gasteiger charge is -2.07. The first-order valence-corrected chi connectivity index (χ1v) is 8.05. The van der Waals surface area contributed by atoms with Crippen LogP contribution in [0.5, 0.6) is 5.75 Å². The molecule has 25 heavy (non-hydrogen) atoms. The minimum absolute atomic E-state index is 0.0927. The first-order chi connectivity index (χ1) is 12.0. The highest BCUT2D eigenvalue weighted by Crippen LogP contribution is 2.20. The summed E-state index contributed by atoms with van der Waals surface area (Å²) in [6.07, 6.45) is 0.439. The molecule has 0 spiro atoms. The number of aromatic nitrogens is 2. The molecule has 2 N–H and O–H groups in total. The van der Waals surface area contributed by atoms with Crippen molar-refractivity contribution in [1.29, 1.82) is 0 Å². The van der Waals surface area contributed by atoms with Crippen LogP contribution in [-0.4, -0.2) is 40.3 Å². The van der Waals surface area contributed by atoms with Crippen molar-refractivity contribution in [1.82, 2.24) is 15.5 Å². The molecule has 0 saturated heterocycles. The molecule has 8 nitrogen and oxygen atoms in total. The van der Waals surface area contributed by atoms with Crippen LogP contribution >= 0.6 is 0 Å². The number of carbonyl (C=O) groups is 2. The van der Waals surface area contributed by atoms with E-state index in [-0.39, 0.29) is 25.3 Å². The molecule has 0 aliphatic rings. The van der Waals surface area contributed by atoms with Crippen LogP contribution in [0, 0.1) is 5.92 Å². The van der Waals surface area contributed by atoms with Crippen molar-refractivity contribution in [2.75, 3.05) is 13.2 Å². The Bertz CT molecular complexity index is 711. The van der Waals surface area contributed by atoms with E-state index in [0.717, 1.165) is 11.3 Å². The number of aliphatic carboxylic acids is 1. The molecule has 8 heteroatoms. The van der Waals surface area contributed by atoms with Crippen LogP contribution in [0.3, 0.4) is 0 Å². The average Bonchev–Trinajstić information content (AvgIpc) is 3.07. The Morgan fingerprint density at radius 1 is 1.32 bits per heavy atom. The van der Waals surface area contributed by atoms with Crippen molar-refractivity contribution >= 4 is 11.9 Å². The Morgan fingerprint density at radius 3 is 2.68 bits per heavy atom. The molecule has 1 aromatic heterocycles. The zero-order valence-corrected chi connectivity index (χ0v) is 14.2. The first kappa shape index (κ1) is 18.4. The summed E-state index contributed by atoms with van der Waals surface area (Å²) in [6, 6.07) is 7.32. The van der Waals surface area contributed by atoms with Crippen molar-refractivity contribution in [3.05, 3.63) is 30.2 Å². The van der Waals surface area contributed by atoms with Crippen molar-refractivity contribution in [3.63, 3.8) is 0 Å². The third-order valence-corrected chi connectivity index (χ3v) is 3.48. The molecule has 2 rings (SSSR count). The maximum absolute atomic E-state index is 11.7. The van der Waals surface area contributed by atoms with E-state index in [4.69, 9.17) is 14.4 Å². The van der Waals surface area contributed by atoms with E-state index >= 15 is 0 Å². The second-order valence-corrected chi connectivity index (χ2v) is 5.51. The molecule has 1 heterocycles. The minimum atomic E-state index is -0.947. The standard InChI is InChI=1S/C17H21N3O5/c1-3-24-13-6-4-12(5-7-13)16-19-15(25-20-16)9-8-14(21)18-10-11(2)17(22)23/h4-7,11H,3,8-10H2,1-2H3,(H,18,21)(H,22,23). The van der Waals surface area contributed by atoms with Gasteiger partial charge in [0.2, 0.25) is 17.6 Å². The smallest absolute Gasteiger partial charge is 0.308 e. The molecule has 0 fully saturated rings. The number of nitrogens with zero attached hydrogens (tertiary/aromatic N) is 2. The Labute approximate surface area is 145 Å². The van der Waals surface area contributed by atoms with Gasteiger partial charge in [-0.3, -0.25) is 9.59 Å². The lowest BCUT2D eigenvalue weighted by molar-refractivity contribution is -0.141. The van der Waals surface area contributed by atoms with E-state index in [0.29, 0.717) is 18.3 Å². The Balaban J connectivity index is 1.84. The largest absolute Gasteiger partial charge is 0.494 e. The quantitative estimate of drug-likeness (QED) is 0.712. The maximum Gasteiger partial charge on any atom is 0.308 e. The number of hydrogen-bond acceptors (Lipinski definition) is 6. The van der Waals surface area contributed by atoms with Crippen LogP contribution in [0.25, 0.3) is 11.4 Å². The fraction of sp³-hybridized carbons (Fsp3) is 0.412. The van der Waals surface area contributed by atoms with Crippen molar-refractivity contribution in [2.24, 2.45) is 5.92 Å². The number of hydrogen-bond donors (Lipinski definition) is 2. The number of aryl methyl sites for hydroxylation is 1. The second kappa shape index (κ2) is 8.81. The number of carbonyl (C=O) groups excluding carboxylic acids is 1. The van der Waals surface area contributed by atoms with Gasteiger partial charge in [-0.1, -0.05) is 12.1 Å². The summed E-state index contributed by atoms with van der Waals surface area (Å²) >= 11 is 0. The summed E-state index contributed by atoms with van der Waals surface area (Å²) in [7, 11) is 0. The van der Waals surface area contributed by atoms with Crippen LogP contribution in [0.1, 0.15) is 26.2 Å². The zero-order chi connectivity index (χ0) is 18.2. The van der Waals surface area contributed by atoms with E-state index in [2.05, 4.69) is 15.5 Å². The van der Waals surface area contributed by atoms with Crippen LogP contribution in [-0.2, 0) is 16.0 Å². The molecule has 0 bridgehead atoms. The monoisotopic (exact) mass is 347 g/mol. The van der Waals surface area contributed by atoms with Crippen LogP contribution in [0.15, 0.2) is 28.8 Å².